The highest BCUT2D eigenvalue weighted by atomic mass is 16.6. The fourth-order valence-electron chi connectivity index (χ4n) is 3.73. The highest BCUT2D eigenvalue weighted by Crippen LogP contribution is 2.42. The molecule has 0 spiro atoms. The van der Waals surface area contributed by atoms with Crippen LogP contribution >= 0.6 is 0 Å². The maximum atomic E-state index is 12.7. The van der Waals surface area contributed by atoms with Crippen LogP contribution in [-0.4, -0.2) is 54.6 Å². The third-order valence-electron chi connectivity index (χ3n) is 5.46. The molecule has 3 heterocycles. The molecule has 3 aliphatic rings. The molecule has 0 aromatic carbocycles. The van der Waals surface area contributed by atoms with Gasteiger partial charge in [0.15, 0.2) is 5.60 Å². The number of carbonyl (C=O) groups excluding carboxylic acids is 5. The predicted molar refractivity (Wildman–Crippen MR) is 114 cm³/mol. The summed E-state index contributed by atoms with van der Waals surface area (Å²) >= 11 is 0. The van der Waals surface area contributed by atoms with Gasteiger partial charge in [-0.1, -0.05) is 6.92 Å². The average molecular weight is 474 g/mol. The van der Waals surface area contributed by atoms with Crippen LogP contribution in [0.1, 0.15) is 41.0 Å². The number of hydrogen-bond acceptors (Lipinski definition) is 10. The van der Waals surface area contributed by atoms with Crippen LogP contribution in [0.2, 0.25) is 0 Å². The monoisotopic (exact) mass is 474 g/mol. The van der Waals surface area contributed by atoms with Crippen LogP contribution in [0.25, 0.3) is 0 Å². The van der Waals surface area contributed by atoms with Crippen LogP contribution in [0.15, 0.2) is 46.5 Å². The number of hydrogen-bond donors (Lipinski definition) is 0. The Morgan fingerprint density at radius 1 is 1.15 bits per heavy atom. The molecule has 0 amide bonds. The van der Waals surface area contributed by atoms with Crippen LogP contribution in [-0.2, 0) is 47.7 Å². The summed E-state index contributed by atoms with van der Waals surface area (Å²) in [6.07, 6.45) is 3.11. The van der Waals surface area contributed by atoms with E-state index in [0.29, 0.717) is 11.3 Å². The Hall–Kier alpha value is -3.69. The van der Waals surface area contributed by atoms with Gasteiger partial charge in [0, 0.05) is 43.6 Å². The molecule has 3 rings (SSSR count). The van der Waals surface area contributed by atoms with Crippen molar-refractivity contribution in [2.45, 2.75) is 52.7 Å². The first-order valence-corrected chi connectivity index (χ1v) is 10.7. The molecule has 3 aliphatic heterocycles. The Morgan fingerprint density at radius 2 is 1.82 bits per heavy atom. The first-order chi connectivity index (χ1) is 15.9. The van der Waals surface area contributed by atoms with E-state index >= 15 is 0 Å². The van der Waals surface area contributed by atoms with Gasteiger partial charge in [-0.3, -0.25) is 14.4 Å². The summed E-state index contributed by atoms with van der Waals surface area (Å²) in [4.78, 5) is 60.3. The van der Waals surface area contributed by atoms with Crippen LogP contribution < -0.4 is 0 Å². The van der Waals surface area contributed by atoms with E-state index in [-0.39, 0.29) is 41.6 Å². The quantitative estimate of drug-likeness (QED) is 0.320. The van der Waals surface area contributed by atoms with Crippen LogP contribution in [0.5, 0.6) is 0 Å². The van der Waals surface area contributed by atoms with Crippen molar-refractivity contribution in [1.29, 1.82) is 0 Å². The Bertz CT molecular complexity index is 1070. The normalized spacial score (nSPS) is 26.2. The summed E-state index contributed by atoms with van der Waals surface area (Å²) in [6.45, 7) is 6.91. The van der Waals surface area contributed by atoms with E-state index in [2.05, 4.69) is 0 Å². The molecule has 0 radical (unpaired) electrons. The first-order valence-electron chi connectivity index (χ1n) is 10.7. The van der Waals surface area contributed by atoms with Crippen molar-refractivity contribution in [3.63, 3.8) is 0 Å². The predicted octanol–water partition coefficient (Wildman–Crippen LogP) is 1.99. The van der Waals surface area contributed by atoms with Crippen LogP contribution in [0.4, 0.5) is 0 Å². The molecule has 0 N–H and O–H groups in total. The van der Waals surface area contributed by atoms with Crippen molar-refractivity contribution in [2.75, 3.05) is 13.2 Å². The van der Waals surface area contributed by atoms with E-state index in [1.807, 2.05) is 0 Å². The zero-order chi connectivity index (χ0) is 25.2. The molecular formula is C24H26O10. The molecule has 0 fully saturated rings. The van der Waals surface area contributed by atoms with Crippen LogP contribution in [0, 0.1) is 5.92 Å². The molecule has 0 aromatic rings. The second kappa shape index (κ2) is 9.66. The molecule has 10 nitrogen and oxygen atoms in total. The highest BCUT2D eigenvalue weighted by molar-refractivity contribution is 6.02. The van der Waals surface area contributed by atoms with E-state index in [1.54, 1.807) is 20.8 Å². The van der Waals surface area contributed by atoms with Crippen molar-refractivity contribution in [2.24, 2.45) is 5.92 Å². The molecule has 3 atom stereocenters. The van der Waals surface area contributed by atoms with Crippen molar-refractivity contribution in [1.82, 2.24) is 0 Å². The van der Waals surface area contributed by atoms with Crippen molar-refractivity contribution < 1.29 is 47.7 Å². The average Bonchev–Trinajstić information content (AvgIpc) is 3.19. The van der Waals surface area contributed by atoms with Crippen molar-refractivity contribution in [3.05, 3.63) is 46.5 Å². The molecule has 0 aromatic heterocycles. The zero-order valence-electron chi connectivity index (χ0n) is 19.6. The number of rotatable bonds is 6. The number of carbonyl (C=O) groups is 5. The van der Waals surface area contributed by atoms with Gasteiger partial charge in [0.2, 0.25) is 5.78 Å². The molecule has 3 unspecified atom stereocenters. The summed E-state index contributed by atoms with van der Waals surface area (Å²) in [6, 6.07) is 0. The smallest absolute Gasteiger partial charge is 0.343 e. The van der Waals surface area contributed by atoms with Gasteiger partial charge in [-0.05, 0) is 25.8 Å². The Kier molecular flexibility index (Phi) is 7.09. The number of fused-ring (bicyclic) bond motifs is 3. The maximum absolute atomic E-state index is 12.7. The van der Waals surface area contributed by atoms with Gasteiger partial charge in [-0.15, -0.1) is 0 Å². The standard InChI is InChI=1S/C24H26O10/c1-12(10-30-14(3)25)6-21(28)32-18-7-13(2)17-8-20(27)24(5,34-17)9-19-22(18)16(23(29)33-19)11-31-15(4)26/h6,8-9,13,18H,7,10-11H2,1-5H3. The Balaban J connectivity index is 2.01. The number of allylic oxidation sites excluding steroid dienone is 1. The third kappa shape index (κ3) is 5.44. The van der Waals surface area contributed by atoms with Gasteiger partial charge in [0.25, 0.3) is 0 Å². The van der Waals surface area contributed by atoms with Crippen LogP contribution in [0.3, 0.4) is 0 Å². The summed E-state index contributed by atoms with van der Waals surface area (Å²) in [7, 11) is 0. The minimum absolute atomic E-state index is 0.00478. The summed E-state index contributed by atoms with van der Waals surface area (Å²) in [5.74, 6) is -2.87. The minimum Gasteiger partial charge on any atom is -0.479 e. The lowest BCUT2D eigenvalue weighted by atomic mass is 9.90. The Morgan fingerprint density at radius 3 is 2.47 bits per heavy atom. The second-order valence-corrected chi connectivity index (χ2v) is 8.52. The fourth-order valence-corrected chi connectivity index (χ4v) is 3.73. The number of ether oxygens (including phenoxy) is 5. The fraction of sp³-hybridized carbons (Fsp3) is 0.458. The summed E-state index contributed by atoms with van der Waals surface area (Å²) in [5.41, 5.74) is -0.734. The van der Waals surface area contributed by atoms with E-state index in [0.717, 1.165) is 0 Å². The molecule has 0 saturated heterocycles. The van der Waals surface area contributed by atoms with E-state index in [9.17, 15) is 24.0 Å². The third-order valence-corrected chi connectivity index (χ3v) is 5.46. The Labute approximate surface area is 196 Å². The SMILES string of the molecule is CC(=O)OCC(C)=CC(=O)OC1CC(C)C2=CC(=O)C(C)(C=C3OC(=O)C(COC(C)=O)=C31)O2. The van der Waals surface area contributed by atoms with Gasteiger partial charge in [-0.25, -0.2) is 9.59 Å². The van der Waals surface area contributed by atoms with E-state index in [1.165, 1.54) is 32.1 Å². The second-order valence-electron chi connectivity index (χ2n) is 8.52. The molecule has 2 bridgehead atoms. The summed E-state index contributed by atoms with van der Waals surface area (Å²) < 4.78 is 26.9. The highest BCUT2D eigenvalue weighted by Gasteiger charge is 2.46. The molecule has 182 valence electrons. The van der Waals surface area contributed by atoms with Crippen molar-refractivity contribution >= 4 is 29.7 Å². The van der Waals surface area contributed by atoms with Crippen molar-refractivity contribution in [3.8, 4) is 0 Å². The van der Waals surface area contributed by atoms with Gasteiger partial charge in [0.05, 0.1) is 5.57 Å². The molecule has 0 aliphatic carbocycles. The van der Waals surface area contributed by atoms with Gasteiger partial charge in [0.1, 0.15) is 30.8 Å². The first kappa shape index (κ1) is 24.9. The van der Waals surface area contributed by atoms with E-state index in [4.69, 9.17) is 23.7 Å². The lowest BCUT2D eigenvalue weighted by Crippen LogP contribution is -2.31. The lowest BCUT2D eigenvalue weighted by Gasteiger charge is -2.23. The largest absolute Gasteiger partial charge is 0.479 e. The number of ketones is 1. The topological polar surface area (TPSA) is 132 Å². The van der Waals surface area contributed by atoms with E-state index < -0.39 is 42.2 Å². The summed E-state index contributed by atoms with van der Waals surface area (Å²) in [5, 5.41) is 0. The van der Waals surface area contributed by atoms with Gasteiger partial charge >= 0.3 is 23.9 Å². The zero-order valence-corrected chi connectivity index (χ0v) is 19.6. The molecule has 0 saturated carbocycles. The lowest BCUT2D eigenvalue weighted by molar-refractivity contribution is -0.143. The van der Waals surface area contributed by atoms with Gasteiger partial charge in [-0.2, -0.15) is 0 Å². The molecular weight excluding hydrogens is 448 g/mol. The molecule has 10 heteroatoms. The molecule has 34 heavy (non-hydrogen) atoms. The minimum atomic E-state index is -1.40. The maximum Gasteiger partial charge on any atom is 0.343 e. The van der Waals surface area contributed by atoms with Gasteiger partial charge < -0.3 is 23.7 Å². The number of esters is 4.